The third-order valence-corrected chi connectivity index (χ3v) is 2.57. The zero-order valence-electron chi connectivity index (χ0n) is 8.68. The average Bonchev–Trinajstić information content (AvgIpc) is 2.55. The highest BCUT2D eigenvalue weighted by molar-refractivity contribution is 5.79. The summed E-state index contributed by atoms with van der Waals surface area (Å²) in [6.45, 7) is -0.708. The van der Waals surface area contributed by atoms with Gasteiger partial charge >= 0.3 is 5.97 Å². The number of hydrogen-bond acceptors (Lipinski definition) is 4. The van der Waals surface area contributed by atoms with E-state index in [1.54, 1.807) is 0 Å². The number of carboxylic acid groups (broad SMARTS) is 1. The molecule has 1 saturated heterocycles. The van der Waals surface area contributed by atoms with Crippen molar-refractivity contribution in [2.75, 3.05) is 11.4 Å². The van der Waals surface area contributed by atoms with E-state index in [9.17, 15) is 13.6 Å². The van der Waals surface area contributed by atoms with Gasteiger partial charge in [0, 0.05) is 12.5 Å². The fourth-order valence-electron chi connectivity index (χ4n) is 1.85. The van der Waals surface area contributed by atoms with Gasteiger partial charge < -0.3 is 15.1 Å². The van der Waals surface area contributed by atoms with Gasteiger partial charge in [-0.2, -0.15) is 4.98 Å². The molecule has 7 heteroatoms. The lowest BCUT2D eigenvalue weighted by Gasteiger charge is -2.21. The van der Waals surface area contributed by atoms with Crippen molar-refractivity contribution in [3.8, 4) is 5.88 Å². The molecule has 1 aliphatic rings. The number of aliphatic carboxylic acids is 1. The molecule has 0 bridgehead atoms. The number of hydrogen-bond donors (Lipinski definition) is 2. The van der Waals surface area contributed by atoms with Crippen molar-refractivity contribution in [2.24, 2.45) is 0 Å². The van der Waals surface area contributed by atoms with Gasteiger partial charge in [-0.1, -0.05) is 6.07 Å². The van der Waals surface area contributed by atoms with Crippen LogP contribution in [0.1, 0.15) is 6.42 Å². The fourth-order valence-corrected chi connectivity index (χ4v) is 1.85. The lowest BCUT2D eigenvalue weighted by atomic mass is 10.2. The number of aromatic nitrogens is 1. The molecule has 1 unspecified atom stereocenters. The smallest absolute Gasteiger partial charge is 0.326 e. The molecule has 0 amide bonds. The van der Waals surface area contributed by atoms with Gasteiger partial charge in [0.1, 0.15) is 11.9 Å². The minimum absolute atomic E-state index is 0.0366. The summed E-state index contributed by atoms with van der Waals surface area (Å²) < 4.78 is 26.4. The van der Waals surface area contributed by atoms with Crippen LogP contribution in [0.5, 0.6) is 5.88 Å². The third kappa shape index (κ3) is 2.27. The number of nitrogens with zero attached hydrogens (tertiary/aromatic N) is 2. The summed E-state index contributed by atoms with van der Waals surface area (Å²) in [6.07, 6.45) is -0.750. The second kappa shape index (κ2) is 3.83. The Bertz CT molecular complexity index is 453. The zero-order valence-corrected chi connectivity index (χ0v) is 8.68. The summed E-state index contributed by atoms with van der Waals surface area (Å²) >= 11 is 0. The molecular weight excluding hydrogens is 234 g/mol. The largest absolute Gasteiger partial charge is 0.493 e. The standard InChI is InChI=1S/C10H10F2N2O3/c11-10(12)4-6(9(16)17)14(5-10)7-2-1-3-8(15)13-7/h1-3,6H,4-5H2,(H,13,15)(H,16,17). The average molecular weight is 244 g/mol. The minimum Gasteiger partial charge on any atom is -0.493 e. The molecule has 2 rings (SSSR count). The molecule has 5 nitrogen and oxygen atoms in total. The first kappa shape index (κ1) is 11.6. The summed E-state index contributed by atoms with van der Waals surface area (Å²) in [5.74, 6) is -4.68. The first-order valence-electron chi connectivity index (χ1n) is 4.92. The fraction of sp³-hybridized carbons (Fsp3) is 0.400. The van der Waals surface area contributed by atoms with E-state index >= 15 is 0 Å². The monoisotopic (exact) mass is 244 g/mol. The maximum Gasteiger partial charge on any atom is 0.326 e. The van der Waals surface area contributed by atoms with Crippen LogP contribution in [-0.4, -0.2) is 39.7 Å². The van der Waals surface area contributed by atoms with Crippen LogP contribution in [0, 0.1) is 0 Å². The molecule has 1 aromatic heterocycles. The van der Waals surface area contributed by atoms with E-state index in [1.807, 2.05) is 0 Å². The van der Waals surface area contributed by atoms with E-state index in [1.165, 1.54) is 18.2 Å². The third-order valence-electron chi connectivity index (χ3n) is 2.57. The first-order chi connectivity index (χ1) is 7.89. The first-order valence-corrected chi connectivity index (χ1v) is 4.92. The molecule has 1 fully saturated rings. The molecule has 0 aromatic carbocycles. The molecule has 92 valence electrons. The van der Waals surface area contributed by atoms with E-state index < -0.39 is 30.9 Å². The van der Waals surface area contributed by atoms with Crippen LogP contribution in [0.2, 0.25) is 0 Å². The Morgan fingerprint density at radius 3 is 2.82 bits per heavy atom. The van der Waals surface area contributed by atoms with Crippen molar-refractivity contribution < 1.29 is 23.8 Å². The van der Waals surface area contributed by atoms with E-state index in [-0.39, 0.29) is 11.7 Å². The van der Waals surface area contributed by atoms with Gasteiger partial charge in [-0.15, -0.1) is 0 Å². The lowest BCUT2D eigenvalue weighted by Crippen LogP contribution is -2.36. The van der Waals surface area contributed by atoms with Crippen molar-refractivity contribution in [3.63, 3.8) is 0 Å². The van der Waals surface area contributed by atoms with Gasteiger partial charge in [0.05, 0.1) is 6.54 Å². The van der Waals surface area contributed by atoms with Crippen molar-refractivity contribution in [1.29, 1.82) is 0 Å². The summed E-state index contributed by atoms with van der Waals surface area (Å²) in [5.41, 5.74) is 0. The number of rotatable bonds is 2. The Morgan fingerprint density at radius 1 is 1.53 bits per heavy atom. The maximum atomic E-state index is 13.2. The predicted octanol–water partition coefficient (Wildman–Crippen LogP) is 1.09. The highest BCUT2D eigenvalue weighted by Crippen LogP contribution is 2.35. The van der Waals surface area contributed by atoms with Crippen LogP contribution in [0.3, 0.4) is 0 Å². The molecule has 0 aliphatic carbocycles. The summed E-state index contributed by atoms with van der Waals surface area (Å²) in [4.78, 5) is 15.5. The minimum atomic E-state index is -3.06. The Balaban J connectivity index is 2.33. The van der Waals surface area contributed by atoms with Crippen LogP contribution in [-0.2, 0) is 4.79 Å². The lowest BCUT2D eigenvalue weighted by molar-refractivity contribution is -0.139. The number of alkyl halides is 2. The molecule has 0 radical (unpaired) electrons. The molecule has 0 saturated carbocycles. The molecule has 0 spiro atoms. The van der Waals surface area contributed by atoms with Crippen LogP contribution < -0.4 is 4.90 Å². The normalized spacial score (nSPS) is 22.7. The van der Waals surface area contributed by atoms with E-state index in [0.29, 0.717) is 0 Å². The van der Waals surface area contributed by atoms with Gasteiger partial charge in [-0.05, 0) is 6.07 Å². The number of aromatic hydroxyl groups is 1. The van der Waals surface area contributed by atoms with Gasteiger partial charge in [0.2, 0.25) is 5.88 Å². The molecule has 2 N–H and O–H groups in total. The van der Waals surface area contributed by atoms with Crippen molar-refractivity contribution >= 4 is 11.8 Å². The van der Waals surface area contributed by atoms with Gasteiger partial charge in [-0.25, -0.2) is 13.6 Å². The molecular formula is C10H10F2N2O3. The van der Waals surface area contributed by atoms with Crippen LogP contribution in [0.4, 0.5) is 14.6 Å². The Kier molecular flexibility index (Phi) is 2.60. The van der Waals surface area contributed by atoms with Gasteiger partial charge in [-0.3, -0.25) is 0 Å². The number of halogens is 2. The van der Waals surface area contributed by atoms with E-state index in [4.69, 9.17) is 10.2 Å². The van der Waals surface area contributed by atoms with Crippen LogP contribution in [0.25, 0.3) is 0 Å². The van der Waals surface area contributed by atoms with Crippen molar-refractivity contribution in [3.05, 3.63) is 18.2 Å². The summed E-state index contributed by atoms with van der Waals surface area (Å²) in [6, 6.07) is 2.77. The highest BCUT2D eigenvalue weighted by atomic mass is 19.3. The highest BCUT2D eigenvalue weighted by Gasteiger charge is 2.48. The quantitative estimate of drug-likeness (QED) is 0.814. The number of anilines is 1. The summed E-state index contributed by atoms with van der Waals surface area (Å²) in [7, 11) is 0. The molecule has 17 heavy (non-hydrogen) atoms. The molecule has 1 aliphatic heterocycles. The molecule has 2 heterocycles. The van der Waals surface area contributed by atoms with E-state index in [2.05, 4.69) is 4.98 Å². The molecule has 1 aromatic rings. The van der Waals surface area contributed by atoms with Crippen molar-refractivity contribution in [1.82, 2.24) is 4.98 Å². The Hall–Kier alpha value is -1.92. The number of carboxylic acids is 1. The Labute approximate surface area is 95.3 Å². The zero-order chi connectivity index (χ0) is 12.6. The van der Waals surface area contributed by atoms with Crippen LogP contribution >= 0.6 is 0 Å². The SMILES string of the molecule is O=C(O)C1CC(F)(F)CN1c1cccc(O)n1. The second-order valence-electron chi connectivity index (χ2n) is 3.90. The van der Waals surface area contributed by atoms with Gasteiger partial charge in [0.25, 0.3) is 5.92 Å². The maximum absolute atomic E-state index is 13.2. The topological polar surface area (TPSA) is 73.7 Å². The van der Waals surface area contributed by atoms with Crippen LogP contribution in [0.15, 0.2) is 18.2 Å². The van der Waals surface area contributed by atoms with Crippen molar-refractivity contribution in [2.45, 2.75) is 18.4 Å². The van der Waals surface area contributed by atoms with E-state index in [0.717, 1.165) is 4.90 Å². The summed E-state index contributed by atoms with van der Waals surface area (Å²) in [5, 5.41) is 18.0. The number of pyridine rings is 1. The van der Waals surface area contributed by atoms with Gasteiger partial charge in [0.15, 0.2) is 0 Å². The predicted molar refractivity (Wildman–Crippen MR) is 54.2 cm³/mol. The number of carbonyl (C=O) groups is 1. The Morgan fingerprint density at radius 2 is 2.24 bits per heavy atom. The molecule has 1 atom stereocenters. The second-order valence-corrected chi connectivity index (χ2v) is 3.90.